The molecule has 0 radical (unpaired) electrons. The van der Waals surface area contributed by atoms with Crippen molar-refractivity contribution in [1.29, 1.82) is 0 Å². The van der Waals surface area contributed by atoms with Crippen molar-refractivity contribution in [3.63, 3.8) is 0 Å². The first-order valence-corrected chi connectivity index (χ1v) is 5.30. The highest BCUT2D eigenvalue weighted by Crippen LogP contribution is 2.28. The Kier molecular flexibility index (Phi) is 2.52. The van der Waals surface area contributed by atoms with E-state index in [-0.39, 0.29) is 5.82 Å². The molecule has 2 aromatic rings. The third-order valence-corrected chi connectivity index (χ3v) is 3.16. The maximum Gasteiger partial charge on any atom is 0.140 e. The molecule has 0 bridgehead atoms. The molecular formula is C11H12FNS. The lowest BCUT2D eigenvalue weighted by atomic mass is 10.2. The van der Waals surface area contributed by atoms with Crippen LogP contribution < -0.4 is 0 Å². The van der Waals surface area contributed by atoms with Crippen LogP contribution in [0.4, 0.5) is 4.39 Å². The van der Waals surface area contributed by atoms with E-state index in [2.05, 4.69) is 11.0 Å². The molecule has 0 aliphatic carbocycles. The summed E-state index contributed by atoms with van der Waals surface area (Å²) in [5.74, 6) is -0.113. The van der Waals surface area contributed by atoms with E-state index < -0.39 is 0 Å². The van der Waals surface area contributed by atoms with Gasteiger partial charge in [0.25, 0.3) is 0 Å². The van der Waals surface area contributed by atoms with Crippen LogP contribution >= 0.6 is 11.3 Å². The minimum Gasteiger partial charge on any atom is -0.304 e. The molecule has 3 heteroatoms. The Hall–Kier alpha value is -0.930. The van der Waals surface area contributed by atoms with E-state index in [1.165, 1.54) is 22.3 Å². The van der Waals surface area contributed by atoms with E-state index >= 15 is 0 Å². The Morgan fingerprint density at radius 3 is 2.79 bits per heavy atom. The highest BCUT2D eigenvalue weighted by Gasteiger charge is 2.05. The average molecular weight is 209 g/mol. The van der Waals surface area contributed by atoms with Crippen LogP contribution in [-0.2, 0) is 6.54 Å². The third kappa shape index (κ3) is 1.79. The normalized spacial score (nSPS) is 11.4. The summed E-state index contributed by atoms with van der Waals surface area (Å²) in [6.07, 6.45) is 0. The maximum atomic E-state index is 13.3. The molecule has 14 heavy (non-hydrogen) atoms. The Morgan fingerprint density at radius 2 is 2.14 bits per heavy atom. The fraction of sp³-hybridized carbons (Fsp3) is 0.273. The van der Waals surface area contributed by atoms with Gasteiger partial charge in [0.2, 0.25) is 0 Å². The molecule has 0 fully saturated rings. The number of hydrogen-bond acceptors (Lipinski definition) is 2. The molecule has 0 aliphatic heterocycles. The molecule has 0 saturated carbocycles. The Bertz CT molecular complexity index is 447. The highest BCUT2D eigenvalue weighted by molar-refractivity contribution is 7.19. The molecule has 0 N–H and O–H groups in total. The zero-order valence-electron chi connectivity index (χ0n) is 8.25. The van der Waals surface area contributed by atoms with Crippen LogP contribution in [-0.4, -0.2) is 19.0 Å². The van der Waals surface area contributed by atoms with Gasteiger partial charge >= 0.3 is 0 Å². The number of benzene rings is 1. The van der Waals surface area contributed by atoms with Crippen molar-refractivity contribution in [3.05, 3.63) is 35.0 Å². The quantitative estimate of drug-likeness (QED) is 0.734. The van der Waals surface area contributed by atoms with Gasteiger partial charge in [-0.1, -0.05) is 12.1 Å². The predicted molar refractivity (Wildman–Crippen MR) is 59.2 cm³/mol. The minimum atomic E-state index is -0.113. The average Bonchev–Trinajstić information content (AvgIpc) is 2.47. The van der Waals surface area contributed by atoms with Gasteiger partial charge in [0, 0.05) is 11.4 Å². The van der Waals surface area contributed by atoms with E-state index in [1.807, 2.05) is 20.2 Å². The molecule has 0 unspecified atom stereocenters. The second-order valence-corrected chi connectivity index (χ2v) is 4.75. The zero-order valence-corrected chi connectivity index (χ0v) is 9.07. The van der Waals surface area contributed by atoms with Crippen molar-refractivity contribution in [2.45, 2.75) is 6.54 Å². The summed E-state index contributed by atoms with van der Waals surface area (Å²) in [4.78, 5) is 3.29. The van der Waals surface area contributed by atoms with Gasteiger partial charge in [-0.2, -0.15) is 0 Å². The largest absolute Gasteiger partial charge is 0.304 e. The van der Waals surface area contributed by atoms with Gasteiger partial charge in [-0.25, -0.2) is 4.39 Å². The molecule has 1 heterocycles. The molecular weight excluding hydrogens is 197 g/mol. The molecule has 0 atom stereocenters. The van der Waals surface area contributed by atoms with Crippen LogP contribution in [0.1, 0.15) is 4.88 Å². The second-order valence-electron chi connectivity index (χ2n) is 3.61. The summed E-state index contributed by atoms with van der Waals surface area (Å²) in [6.45, 7) is 0.874. The molecule has 0 saturated heterocycles. The SMILES string of the molecule is CN(C)Cc1cc2cccc(F)c2s1. The van der Waals surface area contributed by atoms with E-state index in [0.717, 1.165) is 16.6 Å². The number of thiophene rings is 1. The van der Waals surface area contributed by atoms with Gasteiger partial charge in [-0.15, -0.1) is 11.3 Å². The van der Waals surface area contributed by atoms with Crippen LogP contribution in [0.3, 0.4) is 0 Å². The fourth-order valence-corrected chi connectivity index (χ4v) is 2.65. The first-order chi connectivity index (χ1) is 6.66. The van der Waals surface area contributed by atoms with Gasteiger partial charge < -0.3 is 4.90 Å². The van der Waals surface area contributed by atoms with Crippen molar-refractivity contribution >= 4 is 21.4 Å². The summed E-state index contributed by atoms with van der Waals surface area (Å²) < 4.78 is 14.1. The van der Waals surface area contributed by atoms with Crippen molar-refractivity contribution in [3.8, 4) is 0 Å². The van der Waals surface area contributed by atoms with Gasteiger partial charge in [0.1, 0.15) is 5.82 Å². The Balaban J connectivity index is 2.46. The Morgan fingerprint density at radius 1 is 1.36 bits per heavy atom. The van der Waals surface area contributed by atoms with Gasteiger partial charge in [0.05, 0.1) is 4.70 Å². The van der Waals surface area contributed by atoms with Crippen molar-refractivity contribution < 1.29 is 4.39 Å². The van der Waals surface area contributed by atoms with Gasteiger partial charge in [-0.3, -0.25) is 0 Å². The van der Waals surface area contributed by atoms with E-state index in [0.29, 0.717) is 0 Å². The first-order valence-electron chi connectivity index (χ1n) is 4.48. The third-order valence-electron chi connectivity index (χ3n) is 2.02. The smallest absolute Gasteiger partial charge is 0.140 e. The molecule has 1 aromatic carbocycles. The Labute approximate surface area is 86.8 Å². The van der Waals surface area contributed by atoms with Crippen molar-refractivity contribution in [1.82, 2.24) is 4.90 Å². The van der Waals surface area contributed by atoms with Gasteiger partial charge in [0.15, 0.2) is 0 Å². The molecule has 1 nitrogen and oxygen atoms in total. The van der Waals surface area contributed by atoms with E-state index in [1.54, 1.807) is 6.07 Å². The molecule has 0 aliphatic rings. The van der Waals surface area contributed by atoms with Gasteiger partial charge in [-0.05, 0) is 31.6 Å². The maximum absolute atomic E-state index is 13.3. The lowest BCUT2D eigenvalue weighted by Gasteiger charge is -2.05. The van der Waals surface area contributed by atoms with Crippen molar-refractivity contribution in [2.24, 2.45) is 0 Å². The fourth-order valence-electron chi connectivity index (χ4n) is 1.47. The lowest BCUT2D eigenvalue weighted by molar-refractivity contribution is 0.406. The molecule has 0 amide bonds. The predicted octanol–water partition coefficient (Wildman–Crippen LogP) is 3.10. The van der Waals surface area contributed by atoms with E-state index in [4.69, 9.17) is 0 Å². The molecule has 74 valence electrons. The standard InChI is InChI=1S/C11H12FNS/c1-13(2)7-9-6-8-4-3-5-10(12)11(8)14-9/h3-6H,7H2,1-2H3. The summed E-state index contributed by atoms with van der Waals surface area (Å²) in [5, 5.41) is 1.01. The van der Waals surface area contributed by atoms with Crippen molar-refractivity contribution in [2.75, 3.05) is 14.1 Å². The highest BCUT2D eigenvalue weighted by atomic mass is 32.1. The van der Waals surface area contributed by atoms with Crippen LogP contribution in [0.5, 0.6) is 0 Å². The van der Waals surface area contributed by atoms with Crippen LogP contribution in [0, 0.1) is 5.82 Å². The first kappa shape index (κ1) is 9.62. The lowest BCUT2D eigenvalue weighted by Crippen LogP contribution is -2.09. The molecule has 2 rings (SSSR count). The zero-order chi connectivity index (χ0) is 10.1. The number of rotatable bonds is 2. The number of halogens is 1. The summed E-state index contributed by atoms with van der Waals surface area (Å²) in [5.41, 5.74) is 0. The van der Waals surface area contributed by atoms with Crippen LogP contribution in [0.15, 0.2) is 24.3 Å². The second kappa shape index (κ2) is 3.67. The summed E-state index contributed by atoms with van der Waals surface area (Å²) in [6, 6.07) is 7.28. The summed E-state index contributed by atoms with van der Waals surface area (Å²) in [7, 11) is 4.03. The minimum absolute atomic E-state index is 0.113. The van der Waals surface area contributed by atoms with E-state index in [9.17, 15) is 4.39 Å². The number of nitrogens with zero attached hydrogens (tertiary/aromatic N) is 1. The number of hydrogen-bond donors (Lipinski definition) is 0. The monoisotopic (exact) mass is 209 g/mol. The summed E-state index contributed by atoms with van der Waals surface area (Å²) >= 11 is 1.54. The molecule has 0 spiro atoms. The van der Waals surface area contributed by atoms with Crippen LogP contribution in [0.2, 0.25) is 0 Å². The molecule has 1 aromatic heterocycles. The van der Waals surface area contributed by atoms with Crippen LogP contribution in [0.25, 0.3) is 10.1 Å². The topological polar surface area (TPSA) is 3.24 Å². The number of fused-ring (bicyclic) bond motifs is 1.